The lowest BCUT2D eigenvalue weighted by molar-refractivity contribution is 0.439. The molecule has 17 heavy (non-hydrogen) atoms. The van der Waals surface area contributed by atoms with Gasteiger partial charge in [0.15, 0.2) is 0 Å². The number of anilines is 1. The highest BCUT2D eigenvalue weighted by molar-refractivity contribution is 6.35. The first kappa shape index (κ1) is 10.2. The van der Waals surface area contributed by atoms with Gasteiger partial charge in [0.1, 0.15) is 5.69 Å². The summed E-state index contributed by atoms with van der Waals surface area (Å²) < 4.78 is 6.89. The van der Waals surface area contributed by atoms with Crippen LogP contribution in [0.3, 0.4) is 0 Å². The summed E-state index contributed by atoms with van der Waals surface area (Å²) in [6.07, 6.45) is 0. The van der Waals surface area contributed by atoms with Crippen LogP contribution in [0.4, 0.5) is 5.88 Å². The molecule has 4 nitrogen and oxygen atoms in total. The van der Waals surface area contributed by atoms with Crippen LogP contribution in [0.25, 0.3) is 22.3 Å². The zero-order valence-electron chi connectivity index (χ0n) is 9.14. The molecule has 2 heterocycles. The number of halogens is 1. The fraction of sp³-hybridized carbons (Fsp3) is 0.0833. The molecule has 0 bridgehead atoms. The maximum absolute atomic E-state index is 6.15. The molecule has 0 saturated heterocycles. The van der Waals surface area contributed by atoms with Gasteiger partial charge in [-0.3, -0.25) is 0 Å². The Bertz CT molecular complexity index is 699. The molecule has 3 rings (SSSR count). The second kappa shape index (κ2) is 3.53. The largest absolute Gasteiger partial charge is 0.368 e. The topological polar surface area (TPSA) is 57.0 Å². The van der Waals surface area contributed by atoms with Crippen LogP contribution < -0.4 is 5.73 Å². The molecule has 0 spiro atoms. The third kappa shape index (κ3) is 1.49. The molecule has 3 aromatic rings. The van der Waals surface area contributed by atoms with Gasteiger partial charge < -0.3 is 14.8 Å². The highest BCUT2D eigenvalue weighted by Crippen LogP contribution is 2.31. The normalized spacial score (nSPS) is 11.2. The molecule has 5 heteroatoms. The van der Waals surface area contributed by atoms with Crippen LogP contribution in [0.1, 0.15) is 0 Å². The Morgan fingerprint density at radius 2 is 2.18 bits per heavy atom. The van der Waals surface area contributed by atoms with Crippen LogP contribution in [0.15, 0.2) is 34.9 Å². The van der Waals surface area contributed by atoms with E-state index in [4.69, 9.17) is 21.9 Å². The number of benzene rings is 1. The van der Waals surface area contributed by atoms with Gasteiger partial charge in [0, 0.05) is 29.0 Å². The molecule has 0 aliphatic heterocycles. The molecular weight excluding hydrogens is 238 g/mol. The van der Waals surface area contributed by atoms with Gasteiger partial charge in [-0.2, -0.15) is 0 Å². The molecule has 0 radical (unpaired) electrons. The number of nitrogens with zero attached hydrogens (tertiary/aromatic N) is 2. The molecule has 0 amide bonds. The van der Waals surface area contributed by atoms with E-state index in [1.807, 2.05) is 35.9 Å². The molecule has 1 aromatic carbocycles. The molecule has 2 aromatic heterocycles. The lowest BCUT2D eigenvalue weighted by atomic mass is 10.2. The van der Waals surface area contributed by atoms with E-state index in [9.17, 15) is 0 Å². The van der Waals surface area contributed by atoms with Crippen molar-refractivity contribution in [1.29, 1.82) is 0 Å². The fourth-order valence-corrected chi connectivity index (χ4v) is 2.20. The Balaban J connectivity index is 2.31. The van der Waals surface area contributed by atoms with Gasteiger partial charge in [0.05, 0.1) is 5.69 Å². The minimum atomic E-state index is 0.302. The first-order valence-electron chi connectivity index (χ1n) is 5.13. The van der Waals surface area contributed by atoms with Crippen molar-refractivity contribution >= 4 is 28.4 Å². The second-order valence-electron chi connectivity index (χ2n) is 3.88. The van der Waals surface area contributed by atoms with Gasteiger partial charge >= 0.3 is 0 Å². The van der Waals surface area contributed by atoms with Crippen molar-refractivity contribution in [3.63, 3.8) is 0 Å². The van der Waals surface area contributed by atoms with Crippen LogP contribution in [0.2, 0.25) is 5.02 Å². The quantitative estimate of drug-likeness (QED) is 0.719. The van der Waals surface area contributed by atoms with Crippen LogP contribution in [-0.2, 0) is 7.05 Å². The highest BCUT2D eigenvalue weighted by atomic mass is 35.5. The third-order valence-electron chi connectivity index (χ3n) is 2.82. The molecular formula is C12H10ClN3O. The SMILES string of the molecule is Cn1c(-c2cc(N)on2)cc2c(Cl)cccc21. The van der Waals surface area contributed by atoms with E-state index in [2.05, 4.69) is 5.16 Å². The number of nitrogen functional groups attached to an aromatic ring is 1. The number of aromatic nitrogens is 2. The predicted octanol–water partition coefficient (Wildman–Crippen LogP) is 3.07. The second-order valence-corrected chi connectivity index (χ2v) is 4.28. The maximum Gasteiger partial charge on any atom is 0.222 e. The first-order chi connectivity index (χ1) is 8.16. The minimum absolute atomic E-state index is 0.302. The Morgan fingerprint density at radius 3 is 2.82 bits per heavy atom. The van der Waals surface area contributed by atoms with Crippen molar-refractivity contribution in [2.75, 3.05) is 5.73 Å². The van der Waals surface area contributed by atoms with Gasteiger partial charge in [0.2, 0.25) is 5.88 Å². The van der Waals surface area contributed by atoms with E-state index in [0.717, 1.165) is 21.6 Å². The monoisotopic (exact) mass is 247 g/mol. The maximum atomic E-state index is 6.15. The number of rotatable bonds is 1. The summed E-state index contributed by atoms with van der Waals surface area (Å²) in [5.41, 5.74) is 8.21. The van der Waals surface area contributed by atoms with Crippen LogP contribution >= 0.6 is 11.6 Å². The lowest BCUT2D eigenvalue weighted by Crippen LogP contribution is -1.90. The van der Waals surface area contributed by atoms with Gasteiger partial charge in [-0.1, -0.05) is 22.8 Å². The van der Waals surface area contributed by atoms with Crippen molar-refractivity contribution in [1.82, 2.24) is 9.72 Å². The van der Waals surface area contributed by atoms with Crippen molar-refractivity contribution < 1.29 is 4.52 Å². The zero-order valence-corrected chi connectivity index (χ0v) is 9.90. The molecule has 86 valence electrons. The third-order valence-corrected chi connectivity index (χ3v) is 3.15. The van der Waals surface area contributed by atoms with Crippen molar-refractivity contribution in [2.24, 2.45) is 7.05 Å². The van der Waals surface area contributed by atoms with E-state index in [1.165, 1.54) is 0 Å². The molecule has 0 unspecified atom stereocenters. The molecule has 0 saturated carbocycles. The summed E-state index contributed by atoms with van der Waals surface area (Å²) in [6.45, 7) is 0. The zero-order chi connectivity index (χ0) is 12.0. The predicted molar refractivity (Wildman–Crippen MR) is 67.8 cm³/mol. The Morgan fingerprint density at radius 1 is 1.35 bits per heavy atom. The number of nitrogens with two attached hydrogens (primary N) is 1. The molecule has 0 aliphatic carbocycles. The van der Waals surface area contributed by atoms with Crippen molar-refractivity contribution in [3.05, 3.63) is 35.4 Å². The average molecular weight is 248 g/mol. The van der Waals surface area contributed by atoms with E-state index in [0.29, 0.717) is 11.6 Å². The van der Waals surface area contributed by atoms with E-state index in [1.54, 1.807) is 6.07 Å². The van der Waals surface area contributed by atoms with E-state index in [-0.39, 0.29) is 0 Å². The van der Waals surface area contributed by atoms with Gasteiger partial charge in [-0.25, -0.2) is 0 Å². The Kier molecular flexibility index (Phi) is 2.12. The van der Waals surface area contributed by atoms with Gasteiger partial charge in [-0.15, -0.1) is 0 Å². The van der Waals surface area contributed by atoms with E-state index >= 15 is 0 Å². The molecule has 2 N–H and O–H groups in total. The summed E-state index contributed by atoms with van der Waals surface area (Å²) in [5, 5.41) is 5.62. The summed E-state index contributed by atoms with van der Waals surface area (Å²) in [4.78, 5) is 0. The average Bonchev–Trinajstić information content (AvgIpc) is 2.85. The highest BCUT2D eigenvalue weighted by Gasteiger charge is 2.12. The summed E-state index contributed by atoms with van der Waals surface area (Å²) in [7, 11) is 1.96. The summed E-state index contributed by atoms with van der Waals surface area (Å²) in [5.74, 6) is 0.302. The summed E-state index contributed by atoms with van der Waals surface area (Å²) >= 11 is 6.15. The smallest absolute Gasteiger partial charge is 0.222 e. The Labute approximate surface area is 103 Å². The lowest BCUT2D eigenvalue weighted by Gasteiger charge is -1.99. The molecule has 0 aliphatic rings. The molecule has 0 fully saturated rings. The summed E-state index contributed by atoms with van der Waals surface area (Å²) in [6, 6.07) is 9.47. The van der Waals surface area contributed by atoms with Crippen LogP contribution in [-0.4, -0.2) is 9.72 Å². The van der Waals surface area contributed by atoms with E-state index < -0.39 is 0 Å². The first-order valence-corrected chi connectivity index (χ1v) is 5.51. The fourth-order valence-electron chi connectivity index (χ4n) is 1.98. The molecule has 0 atom stereocenters. The van der Waals surface area contributed by atoms with Crippen LogP contribution in [0, 0.1) is 0 Å². The standard InChI is InChI=1S/C12H10ClN3O/c1-16-10-4-2-3-8(13)7(10)5-11(16)9-6-12(14)17-15-9/h2-6H,14H2,1H3. The van der Waals surface area contributed by atoms with Crippen molar-refractivity contribution in [2.45, 2.75) is 0 Å². The number of hydrogen-bond acceptors (Lipinski definition) is 3. The van der Waals surface area contributed by atoms with Gasteiger partial charge in [-0.05, 0) is 18.2 Å². The number of fused-ring (bicyclic) bond motifs is 1. The van der Waals surface area contributed by atoms with Crippen molar-refractivity contribution in [3.8, 4) is 11.4 Å². The Hall–Kier alpha value is -1.94. The van der Waals surface area contributed by atoms with Crippen LogP contribution in [0.5, 0.6) is 0 Å². The van der Waals surface area contributed by atoms with Gasteiger partial charge in [0.25, 0.3) is 0 Å². The number of aryl methyl sites for hydroxylation is 1. The minimum Gasteiger partial charge on any atom is -0.368 e. The number of hydrogen-bond donors (Lipinski definition) is 1.